The molecule has 1 aliphatic heterocycles. The first-order chi connectivity index (χ1) is 14.3. The Morgan fingerprint density at radius 3 is 2.23 bits per heavy atom. The number of ether oxygens (including phenoxy) is 2. The number of halogens is 1. The third-order valence-electron chi connectivity index (χ3n) is 6.11. The summed E-state index contributed by atoms with van der Waals surface area (Å²) in [7, 11) is 0. The highest BCUT2D eigenvalue weighted by atomic mass is 35.5. The van der Waals surface area contributed by atoms with Crippen LogP contribution >= 0.6 is 11.6 Å². The quantitative estimate of drug-likeness (QED) is 0.612. The van der Waals surface area contributed by atoms with Gasteiger partial charge in [0.2, 0.25) is 0 Å². The van der Waals surface area contributed by atoms with E-state index in [-0.39, 0.29) is 0 Å². The standard InChI is InChI=1S/C24H31ClO5/c1-4-24(5-2)23(28)21(27)20(26)22(30-24)16-9-12-19(25)17(14-16)13-15-7-10-18(11-8-15)29-6-3/h7-12,14,20-23,26-28H,4-6,13H2,1-3H3/t20-,21-,22+,23+/m1/s1. The Labute approximate surface area is 183 Å². The van der Waals surface area contributed by atoms with Gasteiger partial charge in [-0.15, -0.1) is 0 Å². The van der Waals surface area contributed by atoms with Crippen molar-refractivity contribution >= 4 is 11.6 Å². The molecule has 0 amide bonds. The highest BCUT2D eigenvalue weighted by Gasteiger charge is 2.51. The molecule has 2 aromatic rings. The summed E-state index contributed by atoms with van der Waals surface area (Å²) in [6.45, 7) is 6.39. The van der Waals surface area contributed by atoms with E-state index in [0.29, 0.717) is 30.9 Å². The maximum atomic E-state index is 10.6. The molecule has 6 heteroatoms. The first-order valence-electron chi connectivity index (χ1n) is 10.6. The Kier molecular flexibility index (Phi) is 7.43. The Morgan fingerprint density at radius 1 is 0.967 bits per heavy atom. The summed E-state index contributed by atoms with van der Waals surface area (Å²) >= 11 is 6.45. The van der Waals surface area contributed by atoms with E-state index in [4.69, 9.17) is 21.1 Å². The van der Waals surface area contributed by atoms with Gasteiger partial charge in [-0.25, -0.2) is 0 Å². The van der Waals surface area contributed by atoms with Gasteiger partial charge in [-0.1, -0.05) is 49.7 Å². The molecule has 1 heterocycles. The van der Waals surface area contributed by atoms with E-state index in [1.54, 1.807) is 12.1 Å². The summed E-state index contributed by atoms with van der Waals surface area (Å²) < 4.78 is 11.7. The largest absolute Gasteiger partial charge is 0.494 e. The van der Waals surface area contributed by atoms with Crippen LogP contribution in [0, 0.1) is 0 Å². The van der Waals surface area contributed by atoms with Gasteiger partial charge in [-0.05, 0) is 61.1 Å². The van der Waals surface area contributed by atoms with Crippen LogP contribution in [-0.2, 0) is 11.2 Å². The molecule has 164 valence electrons. The molecule has 0 bridgehead atoms. The molecule has 0 aliphatic carbocycles. The second-order valence-electron chi connectivity index (χ2n) is 7.84. The van der Waals surface area contributed by atoms with Crippen molar-refractivity contribution in [2.75, 3.05) is 6.61 Å². The monoisotopic (exact) mass is 434 g/mol. The van der Waals surface area contributed by atoms with Crippen molar-refractivity contribution < 1.29 is 24.8 Å². The van der Waals surface area contributed by atoms with Gasteiger partial charge in [0.1, 0.15) is 30.2 Å². The lowest BCUT2D eigenvalue weighted by Gasteiger charge is -2.48. The Balaban J connectivity index is 1.88. The Morgan fingerprint density at radius 2 is 1.63 bits per heavy atom. The Bertz CT molecular complexity index is 834. The van der Waals surface area contributed by atoms with E-state index >= 15 is 0 Å². The molecule has 0 radical (unpaired) electrons. The van der Waals surface area contributed by atoms with Crippen molar-refractivity contribution in [3.8, 4) is 5.75 Å². The van der Waals surface area contributed by atoms with E-state index in [0.717, 1.165) is 22.4 Å². The van der Waals surface area contributed by atoms with Gasteiger partial charge < -0.3 is 24.8 Å². The minimum Gasteiger partial charge on any atom is -0.494 e. The number of aliphatic hydroxyl groups excluding tert-OH is 3. The molecule has 2 aromatic carbocycles. The zero-order valence-corrected chi connectivity index (χ0v) is 18.5. The SMILES string of the molecule is CCOc1ccc(Cc2cc([C@@H]3OC(CC)(CC)[C@@H](O)[C@H](O)[C@H]3O)ccc2Cl)cc1. The van der Waals surface area contributed by atoms with Crippen LogP contribution < -0.4 is 4.74 Å². The molecule has 5 nitrogen and oxygen atoms in total. The minimum atomic E-state index is -1.28. The molecule has 4 atom stereocenters. The van der Waals surface area contributed by atoms with E-state index in [2.05, 4.69) is 0 Å². The molecule has 1 saturated heterocycles. The number of hydrogen-bond acceptors (Lipinski definition) is 5. The van der Waals surface area contributed by atoms with E-state index in [9.17, 15) is 15.3 Å². The van der Waals surface area contributed by atoms with Crippen molar-refractivity contribution in [2.45, 2.75) is 70.1 Å². The summed E-state index contributed by atoms with van der Waals surface area (Å²) in [5, 5.41) is 32.3. The molecule has 0 spiro atoms. The van der Waals surface area contributed by atoms with Crippen LogP contribution in [0.2, 0.25) is 5.02 Å². The van der Waals surface area contributed by atoms with Gasteiger partial charge in [0.05, 0.1) is 12.2 Å². The van der Waals surface area contributed by atoms with E-state index in [1.807, 2.05) is 51.1 Å². The number of aliphatic hydroxyl groups is 3. The van der Waals surface area contributed by atoms with E-state index in [1.165, 1.54) is 0 Å². The van der Waals surface area contributed by atoms with Crippen LogP contribution in [0.5, 0.6) is 5.75 Å². The van der Waals surface area contributed by atoms with Crippen molar-refractivity contribution in [3.05, 3.63) is 64.2 Å². The predicted octanol–water partition coefficient (Wildman–Crippen LogP) is 4.04. The normalized spacial score (nSPS) is 25.8. The lowest BCUT2D eigenvalue weighted by molar-refractivity contribution is -0.273. The highest BCUT2D eigenvalue weighted by Crippen LogP contribution is 2.42. The van der Waals surface area contributed by atoms with Crippen LogP contribution in [-0.4, -0.2) is 45.8 Å². The van der Waals surface area contributed by atoms with E-state index < -0.39 is 30.0 Å². The maximum Gasteiger partial charge on any atom is 0.119 e. The van der Waals surface area contributed by atoms with Gasteiger partial charge in [0, 0.05) is 5.02 Å². The van der Waals surface area contributed by atoms with Crippen LogP contribution in [0.1, 0.15) is 56.4 Å². The fraction of sp³-hybridized carbons (Fsp3) is 0.500. The molecule has 1 aliphatic rings. The van der Waals surface area contributed by atoms with Gasteiger partial charge >= 0.3 is 0 Å². The predicted molar refractivity (Wildman–Crippen MR) is 117 cm³/mol. The topological polar surface area (TPSA) is 79.2 Å². The zero-order chi connectivity index (χ0) is 21.9. The third-order valence-corrected chi connectivity index (χ3v) is 6.48. The van der Waals surface area contributed by atoms with Crippen molar-refractivity contribution in [1.82, 2.24) is 0 Å². The smallest absolute Gasteiger partial charge is 0.119 e. The van der Waals surface area contributed by atoms with Gasteiger partial charge in [0.25, 0.3) is 0 Å². The number of rotatable bonds is 7. The summed E-state index contributed by atoms with van der Waals surface area (Å²) in [5.74, 6) is 0.822. The van der Waals surface area contributed by atoms with Crippen LogP contribution in [0.15, 0.2) is 42.5 Å². The first kappa shape index (κ1) is 23.0. The zero-order valence-electron chi connectivity index (χ0n) is 17.7. The lowest BCUT2D eigenvalue weighted by Crippen LogP contribution is -2.61. The summed E-state index contributed by atoms with van der Waals surface area (Å²) in [6.07, 6.45) is -2.75. The summed E-state index contributed by atoms with van der Waals surface area (Å²) in [5.41, 5.74) is 1.80. The summed E-state index contributed by atoms with van der Waals surface area (Å²) in [4.78, 5) is 0. The van der Waals surface area contributed by atoms with Gasteiger partial charge in [-0.2, -0.15) is 0 Å². The van der Waals surface area contributed by atoms with Crippen molar-refractivity contribution in [3.63, 3.8) is 0 Å². The van der Waals surface area contributed by atoms with Crippen LogP contribution in [0.4, 0.5) is 0 Å². The second kappa shape index (κ2) is 9.67. The van der Waals surface area contributed by atoms with Crippen molar-refractivity contribution in [1.29, 1.82) is 0 Å². The van der Waals surface area contributed by atoms with Gasteiger partial charge in [0.15, 0.2) is 0 Å². The number of hydrogen-bond donors (Lipinski definition) is 3. The average molecular weight is 435 g/mol. The fourth-order valence-corrected chi connectivity index (χ4v) is 4.35. The van der Waals surface area contributed by atoms with Gasteiger partial charge in [-0.3, -0.25) is 0 Å². The maximum absolute atomic E-state index is 10.6. The molecule has 3 rings (SSSR count). The molecule has 0 unspecified atom stereocenters. The molecule has 30 heavy (non-hydrogen) atoms. The fourth-order valence-electron chi connectivity index (χ4n) is 4.17. The van der Waals surface area contributed by atoms with Crippen LogP contribution in [0.3, 0.4) is 0 Å². The molecular weight excluding hydrogens is 404 g/mol. The second-order valence-corrected chi connectivity index (χ2v) is 8.25. The molecular formula is C24H31ClO5. The van der Waals surface area contributed by atoms with Crippen LogP contribution in [0.25, 0.3) is 0 Å². The average Bonchev–Trinajstić information content (AvgIpc) is 2.76. The molecule has 0 aromatic heterocycles. The molecule has 1 fully saturated rings. The molecule has 0 saturated carbocycles. The Hall–Kier alpha value is -1.63. The first-order valence-corrected chi connectivity index (χ1v) is 10.9. The lowest BCUT2D eigenvalue weighted by atomic mass is 9.79. The number of benzene rings is 2. The third kappa shape index (κ3) is 4.51. The summed E-state index contributed by atoms with van der Waals surface area (Å²) in [6, 6.07) is 13.4. The van der Waals surface area contributed by atoms with Crippen molar-refractivity contribution in [2.24, 2.45) is 0 Å². The highest BCUT2D eigenvalue weighted by molar-refractivity contribution is 6.31. The minimum absolute atomic E-state index is 0.525. The molecule has 3 N–H and O–H groups in total.